The van der Waals surface area contributed by atoms with Crippen LogP contribution in [0.25, 0.3) is 22.0 Å². The number of ether oxygens (including phenoxy) is 2. The Balaban J connectivity index is 0.844. The van der Waals surface area contributed by atoms with Gasteiger partial charge >= 0.3 is 6.09 Å². The van der Waals surface area contributed by atoms with E-state index in [1.54, 1.807) is 12.1 Å². The number of nitrogens with zero attached hydrogens (tertiary/aromatic N) is 1. The molecule has 2 bridgehead atoms. The molecule has 0 saturated carbocycles. The molecule has 3 saturated heterocycles. The number of aromatic amines is 1. The molecule has 9 rings (SSSR count). The van der Waals surface area contributed by atoms with Crippen molar-refractivity contribution in [3.63, 3.8) is 0 Å². The zero-order valence-corrected chi connectivity index (χ0v) is 31.8. The smallest absolute Gasteiger partial charge is 0.408 e. The fraction of sp³-hybridized carbons (Fsp3) is 0.277. The molecule has 0 spiro atoms. The number of aliphatic hydroxyl groups excluding tert-OH is 1. The minimum atomic E-state index is -0.832. The van der Waals surface area contributed by atoms with Crippen LogP contribution in [-0.2, 0) is 17.7 Å². The summed E-state index contributed by atoms with van der Waals surface area (Å²) >= 11 is 0. The minimum absolute atomic E-state index is 0.0341. The largest absolute Gasteiger partial charge is 0.506 e. The number of hydrogen-bond donors (Lipinski definition) is 5. The van der Waals surface area contributed by atoms with Gasteiger partial charge in [0, 0.05) is 37.5 Å². The number of benzene rings is 5. The van der Waals surface area contributed by atoms with Gasteiger partial charge in [-0.3, -0.25) is 9.69 Å². The Labute approximate surface area is 332 Å². The van der Waals surface area contributed by atoms with Gasteiger partial charge in [0.25, 0.3) is 0 Å². The lowest BCUT2D eigenvalue weighted by atomic mass is 9.86. The van der Waals surface area contributed by atoms with E-state index in [1.165, 1.54) is 12.1 Å². The number of phenols is 1. The quantitative estimate of drug-likeness (QED) is 0.0783. The van der Waals surface area contributed by atoms with Crippen molar-refractivity contribution >= 4 is 17.0 Å². The number of amides is 1. The Morgan fingerprint density at radius 1 is 0.825 bits per heavy atom. The highest BCUT2D eigenvalue weighted by Gasteiger charge is 2.37. The maximum atomic E-state index is 13.2. The number of hydrogen-bond acceptors (Lipinski definition) is 8. The van der Waals surface area contributed by atoms with Crippen molar-refractivity contribution in [2.24, 2.45) is 5.92 Å². The molecule has 0 aliphatic carbocycles. The summed E-state index contributed by atoms with van der Waals surface area (Å²) in [7, 11) is 0. The molecule has 1 aromatic heterocycles. The number of phenolic OH excluding ortho intramolecular Hbond substituents is 1. The van der Waals surface area contributed by atoms with Gasteiger partial charge in [0.1, 0.15) is 17.6 Å². The van der Waals surface area contributed by atoms with E-state index in [0.717, 1.165) is 78.0 Å². The first-order chi connectivity index (χ1) is 27.9. The van der Waals surface area contributed by atoms with Crippen molar-refractivity contribution in [1.29, 1.82) is 0 Å². The molecular formula is C47H48N4O6. The van der Waals surface area contributed by atoms with Gasteiger partial charge in [0.05, 0.1) is 24.3 Å². The highest BCUT2D eigenvalue weighted by molar-refractivity contribution is 5.87. The Morgan fingerprint density at radius 2 is 1.61 bits per heavy atom. The summed E-state index contributed by atoms with van der Waals surface area (Å²) in [5.41, 5.74) is 6.96. The standard InChI is InChI=1S/C47H48N4O6/c52-41-18-16-39(40-17-19-44(54)49-46(40)41)42(53)29-48-28-32-6-4-9-36(26-32)33-14-12-31(13-15-33)22-25-56-38-11-5-10-37(27-38)45(35-7-2-1-3-8-35)50-47(55)57-43-30-51-23-20-34(43)21-24-51/h1-19,26-27,34,42-43,45,48,52-53H,20-25,28-30H2,(H,49,54)(H,50,55)/t42-,43+,45?/m1/s1. The second-order valence-corrected chi connectivity index (χ2v) is 15.1. The number of pyridine rings is 1. The number of piperidine rings is 3. The first-order valence-electron chi connectivity index (χ1n) is 19.8. The number of aromatic nitrogens is 1. The number of H-pyrrole nitrogens is 1. The maximum absolute atomic E-state index is 13.2. The molecule has 10 nitrogen and oxygen atoms in total. The van der Waals surface area contributed by atoms with Gasteiger partial charge in [-0.25, -0.2) is 4.79 Å². The normalized spacial score (nSPS) is 18.5. The summed E-state index contributed by atoms with van der Waals surface area (Å²) < 4.78 is 12.2. The molecule has 3 fully saturated rings. The predicted octanol–water partition coefficient (Wildman–Crippen LogP) is 7.26. The number of aromatic hydroxyl groups is 1. The molecular weight excluding hydrogens is 717 g/mol. The maximum Gasteiger partial charge on any atom is 0.408 e. The summed E-state index contributed by atoms with van der Waals surface area (Å²) in [6.45, 7) is 4.35. The monoisotopic (exact) mass is 764 g/mol. The molecule has 57 heavy (non-hydrogen) atoms. The fourth-order valence-corrected chi connectivity index (χ4v) is 8.15. The van der Waals surface area contributed by atoms with E-state index in [2.05, 4.69) is 56.9 Å². The van der Waals surface area contributed by atoms with E-state index < -0.39 is 12.2 Å². The zero-order chi connectivity index (χ0) is 39.1. The topological polar surface area (TPSA) is 136 Å². The van der Waals surface area contributed by atoms with Crippen LogP contribution >= 0.6 is 0 Å². The van der Waals surface area contributed by atoms with Gasteiger partial charge in [0.2, 0.25) is 5.56 Å². The molecule has 0 radical (unpaired) electrons. The molecule has 1 unspecified atom stereocenters. The summed E-state index contributed by atoms with van der Waals surface area (Å²) in [6.07, 6.45) is 1.61. The number of carbonyl (C=O) groups is 1. The van der Waals surface area contributed by atoms with Crippen molar-refractivity contribution in [1.82, 2.24) is 20.5 Å². The van der Waals surface area contributed by atoms with E-state index in [-0.39, 0.29) is 23.5 Å². The second-order valence-electron chi connectivity index (χ2n) is 15.1. The molecule has 292 valence electrons. The average Bonchev–Trinajstić information content (AvgIpc) is 3.24. The van der Waals surface area contributed by atoms with Crippen LogP contribution in [0.1, 0.15) is 52.8 Å². The lowest BCUT2D eigenvalue weighted by Crippen LogP contribution is -2.52. The third-order valence-corrected chi connectivity index (χ3v) is 11.2. The van der Waals surface area contributed by atoms with E-state index in [9.17, 15) is 19.8 Å². The van der Waals surface area contributed by atoms with Crippen LogP contribution in [0.15, 0.2) is 132 Å². The molecule has 6 aromatic rings. The fourth-order valence-electron chi connectivity index (χ4n) is 8.15. The zero-order valence-electron chi connectivity index (χ0n) is 31.8. The number of carbonyl (C=O) groups excluding carboxylic acids is 1. The van der Waals surface area contributed by atoms with Crippen molar-refractivity contribution in [3.8, 4) is 22.6 Å². The van der Waals surface area contributed by atoms with Crippen molar-refractivity contribution in [2.75, 3.05) is 32.8 Å². The van der Waals surface area contributed by atoms with E-state index >= 15 is 0 Å². The Morgan fingerprint density at radius 3 is 2.40 bits per heavy atom. The van der Waals surface area contributed by atoms with Crippen LogP contribution in [0.5, 0.6) is 11.5 Å². The summed E-state index contributed by atoms with van der Waals surface area (Å²) in [6, 6.07) is 40.5. The SMILES string of the molecule is O=C(NC(c1ccccc1)c1cccc(OCCc2ccc(-c3cccc(CNC[C@@H](O)c4ccc(O)c5[nH]c(=O)ccc45)c3)cc2)c1)O[C@H]1CN2CCC1CC2. The first kappa shape index (κ1) is 38.0. The van der Waals surface area contributed by atoms with Gasteiger partial charge < -0.3 is 35.3 Å². The van der Waals surface area contributed by atoms with Gasteiger partial charge in [-0.15, -0.1) is 0 Å². The first-order valence-corrected chi connectivity index (χ1v) is 19.8. The van der Waals surface area contributed by atoms with Crippen molar-refractivity contribution < 1.29 is 24.5 Å². The summed E-state index contributed by atoms with van der Waals surface area (Å²) in [5.74, 6) is 1.14. The summed E-state index contributed by atoms with van der Waals surface area (Å²) in [5, 5.41) is 28.2. The number of fused-ring (bicyclic) bond motifs is 4. The van der Waals surface area contributed by atoms with Gasteiger partial charge in [0.15, 0.2) is 0 Å². The minimum Gasteiger partial charge on any atom is -0.506 e. The number of aliphatic hydroxyl groups is 1. The van der Waals surface area contributed by atoms with Crippen LogP contribution in [0.3, 0.4) is 0 Å². The molecule has 3 atom stereocenters. The van der Waals surface area contributed by atoms with Gasteiger partial charge in [-0.05, 0) is 101 Å². The Hall–Kier alpha value is -5.94. The van der Waals surface area contributed by atoms with Crippen LogP contribution in [-0.4, -0.2) is 65.1 Å². The molecule has 3 aliphatic heterocycles. The molecule has 3 aliphatic rings. The van der Waals surface area contributed by atoms with Crippen LogP contribution < -0.4 is 20.9 Å². The summed E-state index contributed by atoms with van der Waals surface area (Å²) in [4.78, 5) is 30.0. The van der Waals surface area contributed by atoms with Crippen LogP contribution in [0.2, 0.25) is 0 Å². The number of alkyl carbamates (subject to hydrolysis) is 1. The third kappa shape index (κ3) is 9.21. The van der Waals surface area contributed by atoms with Gasteiger partial charge in [-0.1, -0.05) is 91.0 Å². The molecule has 5 N–H and O–H groups in total. The van der Waals surface area contributed by atoms with Gasteiger partial charge in [-0.2, -0.15) is 0 Å². The van der Waals surface area contributed by atoms with Crippen LogP contribution in [0.4, 0.5) is 4.79 Å². The number of nitrogens with one attached hydrogen (secondary N) is 3. The van der Waals surface area contributed by atoms with Crippen LogP contribution in [0, 0.1) is 5.92 Å². The second kappa shape index (κ2) is 17.5. The highest BCUT2D eigenvalue weighted by atomic mass is 16.6. The lowest BCUT2D eigenvalue weighted by Gasteiger charge is -2.43. The molecule has 4 heterocycles. The molecule has 10 heteroatoms. The average molecular weight is 765 g/mol. The van der Waals surface area contributed by atoms with E-state index in [4.69, 9.17) is 9.47 Å². The highest BCUT2D eigenvalue weighted by Crippen LogP contribution is 2.32. The van der Waals surface area contributed by atoms with Crippen molar-refractivity contribution in [2.45, 2.75) is 44.1 Å². The van der Waals surface area contributed by atoms with E-state index in [1.807, 2.05) is 66.7 Å². The van der Waals surface area contributed by atoms with E-state index in [0.29, 0.717) is 42.1 Å². The predicted molar refractivity (Wildman–Crippen MR) is 221 cm³/mol. The molecule has 5 aromatic carbocycles. The molecule has 1 amide bonds. The Bertz CT molecular complexity index is 2360. The third-order valence-electron chi connectivity index (χ3n) is 11.2. The Kier molecular flexibility index (Phi) is 11.6. The lowest BCUT2D eigenvalue weighted by molar-refractivity contribution is -0.0336. The number of rotatable bonds is 14. The van der Waals surface area contributed by atoms with Crippen molar-refractivity contribution in [3.05, 3.63) is 166 Å².